The van der Waals surface area contributed by atoms with Crippen LogP contribution < -0.4 is 11.1 Å². The average Bonchev–Trinajstić information content (AvgIpc) is 2.55. The highest BCUT2D eigenvalue weighted by Gasteiger charge is 2.30. The molecule has 0 saturated carbocycles. The van der Waals surface area contributed by atoms with E-state index in [-0.39, 0.29) is 5.91 Å². The highest BCUT2D eigenvalue weighted by molar-refractivity contribution is 5.86. The first-order valence-electron chi connectivity index (χ1n) is 8.43. The maximum Gasteiger partial charge on any atom is 0.244 e. The van der Waals surface area contributed by atoms with Gasteiger partial charge in [-0.2, -0.15) is 0 Å². The van der Waals surface area contributed by atoms with Gasteiger partial charge in [-0.1, -0.05) is 37.3 Å². The zero-order chi connectivity index (χ0) is 16.9. The van der Waals surface area contributed by atoms with Crippen LogP contribution in [-0.2, 0) is 10.3 Å². The van der Waals surface area contributed by atoms with Crippen LogP contribution in [0.3, 0.4) is 0 Å². The van der Waals surface area contributed by atoms with Crippen LogP contribution in [0.15, 0.2) is 30.3 Å². The van der Waals surface area contributed by atoms with Crippen molar-refractivity contribution in [1.29, 1.82) is 0 Å². The second-order valence-electron chi connectivity index (χ2n) is 6.99. The predicted octanol–water partition coefficient (Wildman–Crippen LogP) is 0.860. The number of amides is 1. The Labute approximate surface area is 139 Å². The summed E-state index contributed by atoms with van der Waals surface area (Å²) >= 11 is 0. The Morgan fingerprint density at radius 2 is 1.87 bits per heavy atom. The Kier molecular flexibility index (Phi) is 6.16. The molecule has 0 radical (unpaired) electrons. The van der Waals surface area contributed by atoms with E-state index in [0.717, 1.165) is 38.3 Å². The van der Waals surface area contributed by atoms with Gasteiger partial charge >= 0.3 is 0 Å². The van der Waals surface area contributed by atoms with Crippen LogP contribution in [0, 0.1) is 5.92 Å². The number of carbonyl (C=O) groups excluding carboxylic acids is 1. The molecule has 2 unspecified atom stereocenters. The Morgan fingerprint density at radius 3 is 2.48 bits per heavy atom. The number of hydrogen-bond donors (Lipinski definition) is 2. The van der Waals surface area contributed by atoms with Gasteiger partial charge in [0.05, 0.1) is 0 Å². The van der Waals surface area contributed by atoms with E-state index < -0.39 is 5.54 Å². The third-order valence-corrected chi connectivity index (χ3v) is 4.62. The zero-order valence-electron chi connectivity index (χ0n) is 14.6. The van der Waals surface area contributed by atoms with Gasteiger partial charge in [0.2, 0.25) is 5.91 Å². The maximum atomic E-state index is 12.4. The molecule has 1 aliphatic heterocycles. The third kappa shape index (κ3) is 5.03. The number of hydrogen-bond acceptors (Lipinski definition) is 4. The molecule has 5 heteroatoms. The largest absolute Gasteiger partial charge is 0.354 e. The molecular formula is C18H30N4O. The summed E-state index contributed by atoms with van der Waals surface area (Å²) < 4.78 is 0. The van der Waals surface area contributed by atoms with E-state index in [1.165, 1.54) is 0 Å². The van der Waals surface area contributed by atoms with Gasteiger partial charge in [0.1, 0.15) is 5.54 Å². The topological polar surface area (TPSA) is 61.6 Å². The van der Waals surface area contributed by atoms with Crippen LogP contribution in [0.25, 0.3) is 0 Å². The number of nitrogens with two attached hydrogens (primary N) is 1. The van der Waals surface area contributed by atoms with Gasteiger partial charge in [-0.05, 0) is 25.5 Å². The highest BCUT2D eigenvalue weighted by atomic mass is 16.2. The van der Waals surface area contributed by atoms with E-state index in [1.54, 1.807) is 6.92 Å². The molecular weight excluding hydrogens is 288 g/mol. The molecule has 2 atom stereocenters. The fraction of sp³-hybridized carbons (Fsp3) is 0.611. The van der Waals surface area contributed by atoms with E-state index in [4.69, 9.17) is 5.73 Å². The Morgan fingerprint density at radius 1 is 1.26 bits per heavy atom. The summed E-state index contributed by atoms with van der Waals surface area (Å²) in [7, 11) is 2.16. The first-order valence-corrected chi connectivity index (χ1v) is 8.43. The standard InChI is InChI=1S/C18H30N4O/c1-15(14-22-11-9-21(3)10-12-22)13-20-17(23)18(2,19)16-7-5-4-6-8-16/h4-8,15H,9-14,19H2,1-3H3,(H,20,23). The number of carbonyl (C=O) groups is 1. The summed E-state index contributed by atoms with van der Waals surface area (Å²) in [6.07, 6.45) is 0. The normalized spacial score (nSPS) is 20.7. The first-order chi connectivity index (χ1) is 10.9. The molecule has 128 valence electrons. The lowest BCUT2D eigenvalue weighted by Gasteiger charge is -2.34. The zero-order valence-corrected chi connectivity index (χ0v) is 14.6. The molecule has 0 aliphatic carbocycles. The summed E-state index contributed by atoms with van der Waals surface area (Å²) in [5, 5.41) is 3.02. The minimum atomic E-state index is -0.991. The van der Waals surface area contributed by atoms with Crippen LogP contribution in [-0.4, -0.2) is 62.0 Å². The van der Waals surface area contributed by atoms with Crippen molar-refractivity contribution in [3.05, 3.63) is 35.9 Å². The van der Waals surface area contributed by atoms with E-state index in [1.807, 2.05) is 30.3 Å². The SMILES string of the molecule is CC(CNC(=O)C(C)(N)c1ccccc1)CN1CCN(C)CC1. The number of benzene rings is 1. The van der Waals surface area contributed by atoms with Crippen LogP contribution >= 0.6 is 0 Å². The monoisotopic (exact) mass is 318 g/mol. The van der Waals surface area contributed by atoms with Gasteiger partial charge in [-0.15, -0.1) is 0 Å². The number of piperazine rings is 1. The van der Waals surface area contributed by atoms with E-state index in [2.05, 4.69) is 29.1 Å². The summed E-state index contributed by atoms with van der Waals surface area (Å²) in [4.78, 5) is 17.3. The molecule has 5 nitrogen and oxygen atoms in total. The fourth-order valence-electron chi connectivity index (χ4n) is 2.90. The van der Waals surface area contributed by atoms with Crippen molar-refractivity contribution >= 4 is 5.91 Å². The Balaban J connectivity index is 1.79. The number of likely N-dealkylation sites (N-methyl/N-ethyl adjacent to an activating group) is 1. The number of rotatable bonds is 6. The van der Waals surface area contributed by atoms with Crippen LogP contribution in [0.1, 0.15) is 19.4 Å². The van der Waals surface area contributed by atoms with Crippen molar-refractivity contribution in [3.63, 3.8) is 0 Å². The quantitative estimate of drug-likeness (QED) is 0.817. The van der Waals surface area contributed by atoms with Crippen molar-refractivity contribution < 1.29 is 4.79 Å². The predicted molar refractivity (Wildman–Crippen MR) is 94.1 cm³/mol. The summed E-state index contributed by atoms with van der Waals surface area (Å²) in [6.45, 7) is 10.1. The van der Waals surface area contributed by atoms with Gasteiger partial charge in [0, 0.05) is 39.3 Å². The van der Waals surface area contributed by atoms with E-state index >= 15 is 0 Å². The van der Waals surface area contributed by atoms with Gasteiger partial charge < -0.3 is 20.9 Å². The smallest absolute Gasteiger partial charge is 0.244 e. The molecule has 2 rings (SSSR count). The number of nitrogens with one attached hydrogen (secondary N) is 1. The molecule has 1 heterocycles. The molecule has 0 bridgehead atoms. The van der Waals surface area contributed by atoms with Crippen LogP contribution in [0.4, 0.5) is 0 Å². The molecule has 1 fully saturated rings. The summed E-state index contributed by atoms with van der Waals surface area (Å²) in [6, 6.07) is 9.53. The third-order valence-electron chi connectivity index (χ3n) is 4.62. The molecule has 23 heavy (non-hydrogen) atoms. The highest BCUT2D eigenvalue weighted by Crippen LogP contribution is 2.17. The van der Waals surface area contributed by atoms with E-state index in [9.17, 15) is 4.79 Å². The van der Waals surface area contributed by atoms with Gasteiger partial charge in [0.15, 0.2) is 0 Å². The second kappa shape index (κ2) is 7.90. The molecule has 0 aromatic heterocycles. The van der Waals surface area contributed by atoms with Crippen molar-refractivity contribution in [2.45, 2.75) is 19.4 Å². The molecule has 1 amide bonds. The van der Waals surface area contributed by atoms with Gasteiger partial charge in [0.25, 0.3) is 0 Å². The van der Waals surface area contributed by atoms with E-state index in [0.29, 0.717) is 12.5 Å². The molecule has 1 aliphatic rings. The van der Waals surface area contributed by atoms with Gasteiger partial charge in [-0.3, -0.25) is 4.79 Å². The summed E-state index contributed by atoms with van der Waals surface area (Å²) in [5.74, 6) is 0.294. The van der Waals surface area contributed by atoms with Crippen molar-refractivity contribution in [1.82, 2.24) is 15.1 Å². The Hall–Kier alpha value is -1.43. The molecule has 0 spiro atoms. The maximum absolute atomic E-state index is 12.4. The van der Waals surface area contributed by atoms with Crippen LogP contribution in [0.2, 0.25) is 0 Å². The molecule has 1 aromatic rings. The lowest BCUT2D eigenvalue weighted by atomic mass is 9.92. The second-order valence-corrected chi connectivity index (χ2v) is 6.99. The summed E-state index contributed by atoms with van der Waals surface area (Å²) in [5.41, 5.74) is 6.09. The minimum Gasteiger partial charge on any atom is -0.354 e. The van der Waals surface area contributed by atoms with Gasteiger partial charge in [-0.25, -0.2) is 0 Å². The fourth-order valence-corrected chi connectivity index (χ4v) is 2.90. The average molecular weight is 318 g/mol. The lowest BCUT2D eigenvalue weighted by molar-refractivity contribution is -0.126. The molecule has 3 N–H and O–H groups in total. The number of nitrogens with zero attached hydrogens (tertiary/aromatic N) is 2. The van der Waals surface area contributed by atoms with Crippen molar-refractivity contribution in [2.75, 3.05) is 46.3 Å². The minimum absolute atomic E-state index is 0.117. The van der Waals surface area contributed by atoms with Crippen molar-refractivity contribution in [2.24, 2.45) is 11.7 Å². The lowest BCUT2D eigenvalue weighted by Crippen LogP contribution is -2.51. The molecule has 1 aromatic carbocycles. The van der Waals surface area contributed by atoms with Crippen molar-refractivity contribution in [3.8, 4) is 0 Å². The van der Waals surface area contributed by atoms with Crippen LogP contribution in [0.5, 0.6) is 0 Å². The Bertz CT molecular complexity index is 495. The first kappa shape index (κ1) is 17.9. The molecule has 1 saturated heterocycles.